The van der Waals surface area contributed by atoms with Crippen molar-refractivity contribution in [1.82, 2.24) is 29.9 Å². The molecule has 0 aliphatic carbocycles. The van der Waals surface area contributed by atoms with Crippen molar-refractivity contribution in [2.75, 3.05) is 0 Å². The third kappa shape index (κ3) is 2.12. The normalized spacial score (nSPS) is 10.9. The summed E-state index contributed by atoms with van der Waals surface area (Å²) in [7, 11) is 0. The van der Waals surface area contributed by atoms with E-state index in [1.54, 1.807) is 10.9 Å². The van der Waals surface area contributed by atoms with E-state index >= 15 is 0 Å². The maximum absolute atomic E-state index is 4.18. The first kappa shape index (κ1) is 11.7. The van der Waals surface area contributed by atoms with Crippen LogP contribution in [-0.4, -0.2) is 29.9 Å². The Labute approximate surface area is 120 Å². The SMILES string of the molecule is c1cn(-c2ccc3ccc(-c4ncncn4)cc3c2)nn1. The van der Waals surface area contributed by atoms with E-state index in [1.807, 2.05) is 18.3 Å². The van der Waals surface area contributed by atoms with E-state index in [1.165, 1.54) is 12.7 Å². The molecule has 0 fully saturated rings. The third-order valence-corrected chi connectivity index (χ3v) is 3.26. The quantitative estimate of drug-likeness (QED) is 0.561. The molecule has 0 atom stereocenters. The molecule has 0 radical (unpaired) electrons. The molecule has 0 N–H and O–H groups in total. The van der Waals surface area contributed by atoms with Gasteiger partial charge in [-0.1, -0.05) is 23.4 Å². The van der Waals surface area contributed by atoms with E-state index in [0.29, 0.717) is 5.82 Å². The molecule has 0 spiro atoms. The summed E-state index contributed by atoms with van der Waals surface area (Å²) in [5.41, 5.74) is 1.92. The van der Waals surface area contributed by atoms with Crippen LogP contribution in [0.5, 0.6) is 0 Å². The van der Waals surface area contributed by atoms with Gasteiger partial charge in [-0.2, -0.15) is 0 Å². The number of fused-ring (bicyclic) bond motifs is 1. The van der Waals surface area contributed by atoms with E-state index in [2.05, 4.69) is 49.5 Å². The Morgan fingerprint density at radius 3 is 2.52 bits per heavy atom. The van der Waals surface area contributed by atoms with Gasteiger partial charge in [0.05, 0.1) is 18.1 Å². The number of hydrogen-bond donors (Lipinski definition) is 0. The zero-order valence-corrected chi connectivity index (χ0v) is 11.0. The lowest BCUT2D eigenvalue weighted by Gasteiger charge is -2.05. The van der Waals surface area contributed by atoms with Crippen LogP contribution in [0.15, 0.2) is 61.4 Å². The molecule has 2 aromatic carbocycles. The van der Waals surface area contributed by atoms with Crippen molar-refractivity contribution in [3.05, 3.63) is 61.4 Å². The van der Waals surface area contributed by atoms with Gasteiger partial charge in [0.25, 0.3) is 0 Å². The van der Waals surface area contributed by atoms with Crippen LogP contribution in [0.3, 0.4) is 0 Å². The zero-order chi connectivity index (χ0) is 14.1. The first-order chi connectivity index (χ1) is 10.4. The van der Waals surface area contributed by atoms with Gasteiger partial charge in [0.2, 0.25) is 0 Å². The maximum atomic E-state index is 4.18. The predicted molar refractivity (Wildman–Crippen MR) is 77.7 cm³/mol. The fraction of sp³-hybridized carbons (Fsp3) is 0. The van der Waals surface area contributed by atoms with Crippen LogP contribution in [-0.2, 0) is 0 Å². The van der Waals surface area contributed by atoms with E-state index < -0.39 is 0 Å². The van der Waals surface area contributed by atoms with Gasteiger partial charge in [0.15, 0.2) is 5.82 Å². The molecule has 0 amide bonds. The van der Waals surface area contributed by atoms with Gasteiger partial charge in [0, 0.05) is 5.56 Å². The highest BCUT2D eigenvalue weighted by molar-refractivity contribution is 5.88. The molecule has 0 saturated heterocycles. The Morgan fingerprint density at radius 1 is 0.857 bits per heavy atom. The van der Waals surface area contributed by atoms with E-state index in [9.17, 15) is 0 Å². The lowest BCUT2D eigenvalue weighted by Crippen LogP contribution is -1.95. The highest BCUT2D eigenvalue weighted by atomic mass is 15.4. The minimum atomic E-state index is 0.665. The van der Waals surface area contributed by atoms with Gasteiger partial charge in [-0.3, -0.25) is 0 Å². The molecule has 2 aromatic heterocycles. The number of nitrogens with zero attached hydrogens (tertiary/aromatic N) is 6. The van der Waals surface area contributed by atoms with Gasteiger partial charge < -0.3 is 0 Å². The van der Waals surface area contributed by atoms with Gasteiger partial charge in [-0.05, 0) is 29.0 Å². The van der Waals surface area contributed by atoms with Crippen LogP contribution in [0.1, 0.15) is 0 Å². The summed E-state index contributed by atoms with van der Waals surface area (Å²) in [4.78, 5) is 12.2. The van der Waals surface area contributed by atoms with Crippen molar-refractivity contribution in [1.29, 1.82) is 0 Å². The lowest BCUT2D eigenvalue weighted by atomic mass is 10.1. The van der Waals surface area contributed by atoms with Crippen molar-refractivity contribution in [2.24, 2.45) is 0 Å². The van der Waals surface area contributed by atoms with E-state index in [-0.39, 0.29) is 0 Å². The molecule has 4 aromatic rings. The summed E-state index contributed by atoms with van der Waals surface area (Å²) < 4.78 is 1.73. The fourth-order valence-electron chi connectivity index (χ4n) is 2.25. The molecule has 0 saturated carbocycles. The third-order valence-electron chi connectivity index (χ3n) is 3.26. The summed E-state index contributed by atoms with van der Waals surface area (Å²) in [5.74, 6) is 0.665. The maximum Gasteiger partial charge on any atom is 0.162 e. The van der Waals surface area contributed by atoms with Gasteiger partial charge in [0.1, 0.15) is 12.7 Å². The highest BCUT2D eigenvalue weighted by Crippen LogP contribution is 2.23. The average Bonchev–Trinajstić information content (AvgIpc) is 3.09. The zero-order valence-electron chi connectivity index (χ0n) is 11.0. The Balaban J connectivity index is 1.86. The summed E-state index contributed by atoms with van der Waals surface area (Å²) in [6.45, 7) is 0. The number of aromatic nitrogens is 6. The Bertz CT molecular complexity index is 887. The van der Waals surface area contributed by atoms with Crippen molar-refractivity contribution in [2.45, 2.75) is 0 Å². The molecule has 6 heteroatoms. The number of benzene rings is 2. The standard InChI is InChI=1S/C15H10N6/c1-2-12(15-17-9-16-10-18-15)7-13-8-14(4-3-11(1)13)21-6-5-19-20-21/h1-10H. The van der Waals surface area contributed by atoms with Gasteiger partial charge >= 0.3 is 0 Å². The molecule has 21 heavy (non-hydrogen) atoms. The van der Waals surface area contributed by atoms with Gasteiger partial charge in [-0.25, -0.2) is 19.6 Å². The minimum absolute atomic E-state index is 0.665. The van der Waals surface area contributed by atoms with Crippen molar-refractivity contribution in [3.63, 3.8) is 0 Å². The summed E-state index contributed by atoms with van der Waals surface area (Å²) in [6.07, 6.45) is 6.47. The Morgan fingerprint density at radius 2 is 1.71 bits per heavy atom. The average molecular weight is 274 g/mol. The summed E-state index contributed by atoms with van der Waals surface area (Å²) in [5, 5.41) is 10.1. The molecule has 4 rings (SSSR count). The van der Waals surface area contributed by atoms with Crippen LogP contribution < -0.4 is 0 Å². The Hall–Kier alpha value is -3.15. The van der Waals surface area contributed by atoms with Crippen molar-refractivity contribution >= 4 is 10.8 Å². The van der Waals surface area contributed by atoms with Gasteiger partial charge in [-0.15, -0.1) is 5.10 Å². The topological polar surface area (TPSA) is 69.4 Å². The number of hydrogen-bond acceptors (Lipinski definition) is 5. The largest absolute Gasteiger partial charge is 0.225 e. The molecule has 100 valence electrons. The van der Waals surface area contributed by atoms with E-state index in [0.717, 1.165) is 22.0 Å². The van der Waals surface area contributed by atoms with Crippen LogP contribution in [0.4, 0.5) is 0 Å². The number of rotatable bonds is 2. The second kappa shape index (κ2) is 4.75. The van der Waals surface area contributed by atoms with Crippen molar-refractivity contribution in [3.8, 4) is 17.1 Å². The molecular formula is C15H10N6. The van der Waals surface area contributed by atoms with Crippen LogP contribution >= 0.6 is 0 Å². The molecule has 0 aliphatic rings. The van der Waals surface area contributed by atoms with E-state index in [4.69, 9.17) is 0 Å². The molecule has 6 nitrogen and oxygen atoms in total. The Kier molecular flexibility index (Phi) is 2.64. The summed E-state index contributed by atoms with van der Waals surface area (Å²) >= 11 is 0. The second-order valence-electron chi connectivity index (χ2n) is 4.56. The smallest absolute Gasteiger partial charge is 0.162 e. The highest BCUT2D eigenvalue weighted by Gasteiger charge is 2.04. The second-order valence-corrected chi connectivity index (χ2v) is 4.56. The lowest BCUT2D eigenvalue weighted by molar-refractivity contribution is 0.804. The molecule has 0 bridgehead atoms. The first-order valence-electron chi connectivity index (χ1n) is 6.43. The molecule has 2 heterocycles. The molecule has 0 unspecified atom stereocenters. The molecule has 0 aliphatic heterocycles. The fourth-order valence-corrected chi connectivity index (χ4v) is 2.25. The monoisotopic (exact) mass is 274 g/mol. The predicted octanol–water partition coefficient (Wildman–Crippen LogP) is 2.27. The van der Waals surface area contributed by atoms with Crippen LogP contribution in [0.2, 0.25) is 0 Å². The van der Waals surface area contributed by atoms with Crippen molar-refractivity contribution < 1.29 is 0 Å². The van der Waals surface area contributed by atoms with Crippen LogP contribution in [0, 0.1) is 0 Å². The minimum Gasteiger partial charge on any atom is -0.225 e. The molecular weight excluding hydrogens is 264 g/mol. The first-order valence-corrected chi connectivity index (χ1v) is 6.43. The summed E-state index contributed by atoms with van der Waals surface area (Å²) in [6, 6.07) is 12.3. The van der Waals surface area contributed by atoms with Crippen LogP contribution in [0.25, 0.3) is 27.8 Å².